The lowest BCUT2D eigenvalue weighted by molar-refractivity contribution is -0.150. The van der Waals surface area contributed by atoms with Crippen LogP contribution in [0.4, 0.5) is 0 Å². The van der Waals surface area contributed by atoms with Gasteiger partial charge >= 0.3 is 0 Å². The van der Waals surface area contributed by atoms with Crippen LogP contribution >= 0.6 is 22.6 Å². The highest BCUT2D eigenvalue weighted by atomic mass is 127. The van der Waals surface area contributed by atoms with Crippen LogP contribution in [0, 0.1) is 0 Å². The van der Waals surface area contributed by atoms with Gasteiger partial charge in [0.1, 0.15) is 6.10 Å². The SMILES string of the molecule is IC1CCCC1OC1COC1. The molecule has 3 heteroatoms. The first kappa shape index (κ1) is 8.26. The fourth-order valence-corrected chi connectivity index (χ4v) is 2.54. The maximum atomic E-state index is 5.83. The monoisotopic (exact) mass is 268 g/mol. The number of alkyl halides is 1. The molecule has 1 saturated heterocycles. The third-order valence-electron chi connectivity index (χ3n) is 2.35. The van der Waals surface area contributed by atoms with Gasteiger partial charge < -0.3 is 9.47 Å². The Morgan fingerprint density at radius 2 is 2.09 bits per heavy atom. The molecule has 64 valence electrons. The van der Waals surface area contributed by atoms with Crippen LogP contribution in [0.1, 0.15) is 19.3 Å². The molecule has 11 heavy (non-hydrogen) atoms. The van der Waals surface area contributed by atoms with Gasteiger partial charge in [0.25, 0.3) is 0 Å². The van der Waals surface area contributed by atoms with E-state index in [1.807, 2.05) is 0 Å². The van der Waals surface area contributed by atoms with Crippen LogP contribution in [0.5, 0.6) is 0 Å². The molecule has 0 aromatic carbocycles. The maximum absolute atomic E-state index is 5.83. The predicted octanol–water partition coefficient (Wildman–Crippen LogP) is 1.76. The molecule has 2 aliphatic rings. The predicted molar refractivity (Wildman–Crippen MR) is 51.1 cm³/mol. The van der Waals surface area contributed by atoms with Crippen LogP contribution in [-0.4, -0.2) is 29.3 Å². The fourth-order valence-electron chi connectivity index (χ4n) is 1.57. The van der Waals surface area contributed by atoms with Gasteiger partial charge in [-0.2, -0.15) is 0 Å². The summed E-state index contributed by atoms with van der Waals surface area (Å²) >= 11 is 2.50. The quantitative estimate of drug-likeness (QED) is 0.561. The van der Waals surface area contributed by atoms with Gasteiger partial charge in [-0.3, -0.25) is 0 Å². The second-order valence-corrected chi connectivity index (χ2v) is 4.88. The molecule has 2 unspecified atom stereocenters. The van der Waals surface area contributed by atoms with Crippen molar-refractivity contribution in [1.29, 1.82) is 0 Å². The van der Waals surface area contributed by atoms with E-state index >= 15 is 0 Å². The van der Waals surface area contributed by atoms with Gasteiger partial charge in [-0.15, -0.1) is 0 Å². The summed E-state index contributed by atoms with van der Waals surface area (Å²) in [6.07, 6.45) is 4.86. The average Bonchev–Trinajstić information content (AvgIpc) is 2.27. The summed E-state index contributed by atoms with van der Waals surface area (Å²) in [5.74, 6) is 0. The van der Waals surface area contributed by atoms with Crippen molar-refractivity contribution in [2.24, 2.45) is 0 Å². The first-order valence-electron chi connectivity index (χ1n) is 4.23. The molecule has 0 amide bonds. The van der Waals surface area contributed by atoms with Crippen molar-refractivity contribution in [1.82, 2.24) is 0 Å². The number of ether oxygens (including phenoxy) is 2. The second kappa shape index (κ2) is 3.58. The van der Waals surface area contributed by atoms with E-state index in [-0.39, 0.29) is 0 Å². The smallest absolute Gasteiger partial charge is 0.104 e. The van der Waals surface area contributed by atoms with Crippen LogP contribution in [0.3, 0.4) is 0 Å². The molecule has 2 atom stereocenters. The van der Waals surface area contributed by atoms with Crippen LogP contribution < -0.4 is 0 Å². The molecule has 2 fully saturated rings. The first-order valence-corrected chi connectivity index (χ1v) is 5.48. The minimum Gasteiger partial charge on any atom is -0.376 e. The number of rotatable bonds is 2. The van der Waals surface area contributed by atoms with E-state index in [9.17, 15) is 0 Å². The summed E-state index contributed by atoms with van der Waals surface area (Å²) in [6.45, 7) is 1.64. The summed E-state index contributed by atoms with van der Waals surface area (Å²) in [7, 11) is 0. The average molecular weight is 268 g/mol. The van der Waals surface area contributed by atoms with Crippen molar-refractivity contribution in [3.8, 4) is 0 Å². The molecule has 1 aliphatic heterocycles. The van der Waals surface area contributed by atoms with E-state index in [0.717, 1.165) is 17.1 Å². The lowest BCUT2D eigenvalue weighted by Crippen LogP contribution is -2.40. The largest absolute Gasteiger partial charge is 0.376 e. The van der Waals surface area contributed by atoms with Crippen LogP contribution in [-0.2, 0) is 9.47 Å². The summed E-state index contributed by atoms with van der Waals surface area (Å²) < 4.78 is 11.6. The Morgan fingerprint density at radius 1 is 1.27 bits per heavy atom. The Kier molecular flexibility index (Phi) is 2.69. The summed E-state index contributed by atoms with van der Waals surface area (Å²) in [6, 6.07) is 0. The standard InChI is InChI=1S/C8H13IO2/c9-7-2-1-3-8(7)11-6-4-10-5-6/h6-8H,1-5H2. The first-order chi connectivity index (χ1) is 5.36. The van der Waals surface area contributed by atoms with Crippen molar-refractivity contribution in [3.63, 3.8) is 0 Å². The Morgan fingerprint density at radius 3 is 2.55 bits per heavy atom. The van der Waals surface area contributed by atoms with E-state index in [2.05, 4.69) is 22.6 Å². The van der Waals surface area contributed by atoms with E-state index in [1.165, 1.54) is 19.3 Å². The zero-order chi connectivity index (χ0) is 7.68. The number of hydrogen-bond acceptors (Lipinski definition) is 2. The zero-order valence-electron chi connectivity index (χ0n) is 6.46. The van der Waals surface area contributed by atoms with Crippen LogP contribution in [0.2, 0.25) is 0 Å². The van der Waals surface area contributed by atoms with Gasteiger partial charge in [0, 0.05) is 3.92 Å². The van der Waals surface area contributed by atoms with Gasteiger partial charge in [-0.1, -0.05) is 22.6 Å². The molecular weight excluding hydrogens is 255 g/mol. The molecular formula is C8H13IO2. The molecule has 2 rings (SSSR count). The van der Waals surface area contributed by atoms with E-state index in [4.69, 9.17) is 9.47 Å². The number of halogens is 1. The van der Waals surface area contributed by atoms with Gasteiger partial charge in [-0.25, -0.2) is 0 Å². The van der Waals surface area contributed by atoms with Crippen molar-refractivity contribution in [2.75, 3.05) is 13.2 Å². The normalized spacial score (nSPS) is 39.0. The highest BCUT2D eigenvalue weighted by molar-refractivity contribution is 14.1. The summed E-state index contributed by atoms with van der Waals surface area (Å²) in [5.41, 5.74) is 0. The van der Waals surface area contributed by atoms with Gasteiger partial charge in [0.05, 0.1) is 19.3 Å². The summed E-state index contributed by atoms with van der Waals surface area (Å²) in [4.78, 5) is 0. The third kappa shape index (κ3) is 1.87. The van der Waals surface area contributed by atoms with Crippen LogP contribution in [0.15, 0.2) is 0 Å². The van der Waals surface area contributed by atoms with Crippen LogP contribution in [0.25, 0.3) is 0 Å². The van der Waals surface area contributed by atoms with E-state index < -0.39 is 0 Å². The maximum Gasteiger partial charge on any atom is 0.104 e. The van der Waals surface area contributed by atoms with E-state index in [1.54, 1.807) is 0 Å². The Labute approximate surface area is 80.8 Å². The summed E-state index contributed by atoms with van der Waals surface area (Å²) in [5, 5.41) is 0. The minimum atomic E-state index is 0.412. The highest BCUT2D eigenvalue weighted by Crippen LogP contribution is 2.30. The molecule has 0 aromatic rings. The highest BCUT2D eigenvalue weighted by Gasteiger charge is 2.30. The number of hydrogen-bond donors (Lipinski definition) is 0. The zero-order valence-corrected chi connectivity index (χ0v) is 8.62. The molecule has 1 saturated carbocycles. The van der Waals surface area contributed by atoms with Crippen molar-refractivity contribution in [3.05, 3.63) is 0 Å². The third-order valence-corrected chi connectivity index (χ3v) is 3.77. The molecule has 0 radical (unpaired) electrons. The second-order valence-electron chi connectivity index (χ2n) is 3.28. The van der Waals surface area contributed by atoms with E-state index in [0.29, 0.717) is 12.2 Å². The molecule has 1 aliphatic carbocycles. The van der Waals surface area contributed by atoms with Crippen molar-refractivity contribution >= 4 is 22.6 Å². The lowest BCUT2D eigenvalue weighted by atomic mass is 10.2. The minimum absolute atomic E-state index is 0.412. The molecule has 0 N–H and O–H groups in total. The lowest BCUT2D eigenvalue weighted by Gasteiger charge is -2.30. The van der Waals surface area contributed by atoms with Crippen molar-refractivity contribution in [2.45, 2.75) is 35.4 Å². The molecule has 0 bridgehead atoms. The topological polar surface area (TPSA) is 18.5 Å². The van der Waals surface area contributed by atoms with Crippen molar-refractivity contribution < 1.29 is 9.47 Å². The molecule has 2 nitrogen and oxygen atoms in total. The Balaban J connectivity index is 1.75. The van der Waals surface area contributed by atoms with Gasteiger partial charge in [0.2, 0.25) is 0 Å². The van der Waals surface area contributed by atoms with Gasteiger partial charge in [0.15, 0.2) is 0 Å². The molecule has 0 aromatic heterocycles. The fraction of sp³-hybridized carbons (Fsp3) is 1.00. The Hall–Kier alpha value is 0.650. The van der Waals surface area contributed by atoms with Gasteiger partial charge in [-0.05, 0) is 19.3 Å². The molecule has 1 heterocycles. The molecule has 0 spiro atoms. The Bertz CT molecular complexity index is 136.